The van der Waals surface area contributed by atoms with Gasteiger partial charge in [-0.05, 0) is 31.6 Å². The largest absolute Gasteiger partial charge is 0.340 e. The zero-order chi connectivity index (χ0) is 16.8. The van der Waals surface area contributed by atoms with Gasteiger partial charge < -0.3 is 5.32 Å². The van der Waals surface area contributed by atoms with Crippen molar-refractivity contribution in [2.45, 2.75) is 58.2 Å². The maximum Gasteiger partial charge on any atom is 0.105 e. The van der Waals surface area contributed by atoms with Gasteiger partial charge in [0.15, 0.2) is 0 Å². The fourth-order valence-corrected chi connectivity index (χ4v) is 3.55. The zero-order valence-corrected chi connectivity index (χ0v) is 14.5. The van der Waals surface area contributed by atoms with Gasteiger partial charge in [0.05, 0.1) is 30.6 Å². The van der Waals surface area contributed by atoms with Crippen molar-refractivity contribution in [3.05, 3.63) is 42.1 Å². The van der Waals surface area contributed by atoms with E-state index in [9.17, 15) is 0 Å². The summed E-state index contributed by atoms with van der Waals surface area (Å²) < 4.78 is 1.93. The Morgan fingerprint density at radius 1 is 1.21 bits per heavy atom. The van der Waals surface area contributed by atoms with Gasteiger partial charge in [0.1, 0.15) is 12.2 Å². The zero-order valence-electron chi connectivity index (χ0n) is 14.5. The molecule has 1 aromatic heterocycles. The Morgan fingerprint density at radius 2 is 1.96 bits per heavy atom. The highest BCUT2D eigenvalue weighted by atomic mass is 15.3. The third-order valence-corrected chi connectivity index (χ3v) is 5.07. The smallest absolute Gasteiger partial charge is 0.105 e. The lowest BCUT2D eigenvalue weighted by Crippen LogP contribution is -2.88. The molecule has 126 valence electrons. The first-order valence-corrected chi connectivity index (χ1v) is 9.08. The average molecular weight is 323 g/mol. The van der Waals surface area contributed by atoms with E-state index in [1.165, 1.54) is 31.2 Å². The molecule has 0 radical (unpaired) electrons. The van der Waals surface area contributed by atoms with E-state index in [1.54, 1.807) is 0 Å². The minimum atomic E-state index is 0.500. The Hall–Kier alpha value is -2.12. The number of aryl methyl sites for hydroxylation is 1. The van der Waals surface area contributed by atoms with Crippen molar-refractivity contribution in [2.24, 2.45) is 5.92 Å². The molecule has 0 unspecified atom stereocenters. The highest BCUT2D eigenvalue weighted by Gasteiger charge is 2.21. The van der Waals surface area contributed by atoms with E-state index in [0.29, 0.717) is 13.0 Å². The van der Waals surface area contributed by atoms with Gasteiger partial charge in [0.2, 0.25) is 0 Å². The first-order chi connectivity index (χ1) is 11.8. The molecule has 0 saturated heterocycles. The Kier molecular flexibility index (Phi) is 5.66. The van der Waals surface area contributed by atoms with Crippen molar-refractivity contribution in [3.63, 3.8) is 0 Å². The quantitative estimate of drug-likeness (QED) is 0.888. The first-order valence-electron chi connectivity index (χ1n) is 9.08. The topological polar surface area (TPSA) is 58.2 Å². The van der Waals surface area contributed by atoms with Crippen LogP contribution in [0.1, 0.15) is 44.6 Å². The minimum absolute atomic E-state index is 0.500. The summed E-state index contributed by atoms with van der Waals surface area (Å²) in [5, 5.41) is 16.0. The molecule has 2 aromatic rings. The molecule has 1 saturated carbocycles. The summed E-state index contributed by atoms with van der Waals surface area (Å²) in [5.74, 6) is 0.892. The second kappa shape index (κ2) is 8.12. The standard InChI is InChI=1S/C20H26N4/c1-16-8-10-19(11-9-16)22-14-18-15-24(13-5-12-21)23-20(18)17-6-3-2-4-7-17/h2-4,6-7,15-16,19,22H,5,8-11,13-14H2,1H3/p+1. The van der Waals surface area contributed by atoms with E-state index >= 15 is 0 Å². The van der Waals surface area contributed by atoms with Crippen LogP contribution in [0.5, 0.6) is 0 Å². The van der Waals surface area contributed by atoms with E-state index in [0.717, 1.165) is 29.8 Å². The molecule has 2 N–H and O–H groups in total. The lowest BCUT2D eigenvalue weighted by atomic mass is 9.87. The number of benzene rings is 1. The van der Waals surface area contributed by atoms with E-state index < -0.39 is 0 Å². The molecule has 3 rings (SSSR count). The lowest BCUT2D eigenvalue weighted by molar-refractivity contribution is -0.707. The van der Waals surface area contributed by atoms with Crippen LogP contribution in [0.2, 0.25) is 0 Å². The third kappa shape index (κ3) is 4.24. The Bertz CT molecular complexity index is 675. The van der Waals surface area contributed by atoms with Crippen molar-refractivity contribution in [1.82, 2.24) is 9.78 Å². The van der Waals surface area contributed by atoms with Crippen LogP contribution in [0.15, 0.2) is 36.5 Å². The Labute approximate surface area is 144 Å². The molecule has 1 aliphatic rings. The molecular formula is C20H27N4+. The van der Waals surface area contributed by atoms with Crippen LogP contribution >= 0.6 is 0 Å². The van der Waals surface area contributed by atoms with Crippen LogP contribution < -0.4 is 5.32 Å². The number of quaternary nitrogens is 1. The number of nitrogens with zero attached hydrogens (tertiary/aromatic N) is 3. The average Bonchev–Trinajstić information content (AvgIpc) is 3.03. The predicted octanol–water partition coefficient (Wildman–Crippen LogP) is 3.11. The van der Waals surface area contributed by atoms with Gasteiger partial charge in [-0.2, -0.15) is 10.4 Å². The van der Waals surface area contributed by atoms with Crippen LogP contribution in [0, 0.1) is 17.2 Å². The molecule has 1 aliphatic carbocycles. The van der Waals surface area contributed by atoms with Gasteiger partial charge in [0.25, 0.3) is 0 Å². The van der Waals surface area contributed by atoms with Crippen molar-refractivity contribution >= 4 is 0 Å². The summed E-state index contributed by atoms with van der Waals surface area (Å²) in [7, 11) is 0. The molecule has 4 nitrogen and oxygen atoms in total. The highest BCUT2D eigenvalue weighted by Crippen LogP contribution is 2.23. The molecule has 1 fully saturated rings. The third-order valence-electron chi connectivity index (χ3n) is 5.07. The van der Waals surface area contributed by atoms with E-state index in [1.807, 2.05) is 10.7 Å². The molecule has 24 heavy (non-hydrogen) atoms. The summed E-state index contributed by atoms with van der Waals surface area (Å²) in [6.45, 7) is 4.00. The van der Waals surface area contributed by atoms with Crippen molar-refractivity contribution in [2.75, 3.05) is 0 Å². The molecule has 0 aliphatic heterocycles. The molecule has 1 aromatic carbocycles. The number of rotatable bonds is 6. The maximum absolute atomic E-state index is 8.82. The lowest BCUT2D eigenvalue weighted by Gasteiger charge is -2.24. The van der Waals surface area contributed by atoms with Gasteiger partial charge in [-0.25, -0.2) is 0 Å². The van der Waals surface area contributed by atoms with Crippen LogP contribution in [0.3, 0.4) is 0 Å². The van der Waals surface area contributed by atoms with Crippen LogP contribution in [0.4, 0.5) is 0 Å². The highest BCUT2D eigenvalue weighted by molar-refractivity contribution is 5.62. The van der Waals surface area contributed by atoms with E-state index in [-0.39, 0.29) is 0 Å². The number of nitrogens with two attached hydrogens (primary N) is 1. The van der Waals surface area contributed by atoms with Crippen LogP contribution in [-0.2, 0) is 13.1 Å². The summed E-state index contributed by atoms with van der Waals surface area (Å²) in [4.78, 5) is 0. The summed E-state index contributed by atoms with van der Waals surface area (Å²) in [6.07, 6.45) is 7.98. The normalized spacial score (nSPS) is 20.7. The molecule has 0 amide bonds. The molecule has 4 heteroatoms. The second-order valence-electron chi connectivity index (χ2n) is 7.00. The molecule has 0 atom stereocenters. The second-order valence-corrected chi connectivity index (χ2v) is 7.00. The number of hydrogen-bond acceptors (Lipinski definition) is 2. The van der Waals surface area contributed by atoms with Gasteiger partial charge in [-0.3, -0.25) is 4.68 Å². The summed E-state index contributed by atoms with van der Waals surface area (Å²) >= 11 is 0. The van der Waals surface area contributed by atoms with Crippen LogP contribution in [0.25, 0.3) is 11.3 Å². The van der Waals surface area contributed by atoms with Crippen molar-refractivity contribution in [1.29, 1.82) is 5.26 Å². The minimum Gasteiger partial charge on any atom is -0.340 e. The van der Waals surface area contributed by atoms with Crippen molar-refractivity contribution in [3.8, 4) is 17.3 Å². The molecular weight excluding hydrogens is 296 g/mol. The van der Waals surface area contributed by atoms with E-state index in [4.69, 9.17) is 10.4 Å². The van der Waals surface area contributed by atoms with Gasteiger partial charge >= 0.3 is 0 Å². The predicted molar refractivity (Wildman–Crippen MR) is 94.9 cm³/mol. The fraction of sp³-hybridized carbons (Fsp3) is 0.500. The van der Waals surface area contributed by atoms with Gasteiger partial charge in [-0.1, -0.05) is 37.3 Å². The molecule has 0 bridgehead atoms. The number of nitriles is 1. The first kappa shape index (κ1) is 16.7. The number of hydrogen-bond donors (Lipinski definition) is 1. The Morgan fingerprint density at radius 3 is 2.67 bits per heavy atom. The van der Waals surface area contributed by atoms with Gasteiger partial charge in [0, 0.05) is 11.8 Å². The molecule has 0 spiro atoms. The van der Waals surface area contributed by atoms with Crippen LogP contribution in [-0.4, -0.2) is 15.8 Å². The van der Waals surface area contributed by atoms with Gasteiger partial charge in [-0.15, -0.1) is 0 Å². The van der Waals surface area contributed by atoms with Crippen molar-refractivity contribution < 1.29 is 5.32 Å². The summed E-state index contributed by atoms with van der Waals surface area (Å²) in [5.41, 5.74) is 3.50. The fourth-order valence-electron chi connectivity index (χ4n) is 3.55. The maximum atomic E-state index is 8.82. The molecule has 1 heterocycles. The Balaban J connectivity index is 1.72. The summed E-state index contributed by atoms with van der Waals surface area (Å²) in [6, 6.07) is 13.3. The monoisotopic (exact) mass is 323 g/mol. The number of aromatic nitrogens is 2. The van der Waals surface area contributed by atoms with E-state index in [2.05, 4.69) is 48.8 Å². The SMILES string of the molecule is CC1CCC([NH2+]Cc2cn(CCC#N)nc2-c2ccccc2)CC1.